The summed E-state index contributed by atoms with van der Waals surface area (Å²) < 4.78 is 7.36. The van der Waals surface area contributed by atoms with E-state index in [-0.39, 0.29) is 6.04 Å². The zero-order valence-corrected chi connectivity index (χ0v) is 16.7. The van der Waals surface area contributed by atoms with Crippen LogP contribution in [0.4, 0.5) is 5.69 Å². The number of hydrogen-bond acceptors (Lipinski definition) is 5. The lowest BCUT2D eigenvalue weighted by Crippen LogP contribution is -2.19. The molecule has 0 aliphatic heterocycles. The van der Waals surface area contributed by atoms with Gasteiger partial charge in [0.25, 0.3) is 0 Å². The maximum Gasteiger partial charge on any atom is 0.183 e. The molecular formula is C23H23N5O. The predicted octanol–water partition coefficient (Wildman–Crippen LogP) is 4.49. The van der Waals surface area contributed by atoms with E-state index in [0.29, 0.717) is 5.82 Å². The lowest BCUT2D eigenvalue weighted by molar-refractivity contribution is 0.416. The summed E-state index contributed by atoms with van der Waals surface area (Å²) in [6.07, 6.45) is 0. The maximum atomic E-state index is 5.53. The molecule has 0 unspecified atom stereocenters. The van der Waals surface area contributed by atoms with Crippen molar-refractivity contribution in [3.05, 3.63) is 95.3 Å². The zero-order valence-electron chi connectivity index (χ0n) is 16.7. The van der Waals surface area contributed by atoms with Crippen molar-refractivity contribution in [2.45, 2.75) is 19.9 Å². The Morgan fingerprint density at radius 3 is 2.28 bits per heavy atom. The van der Waals surface area contributed by atoms with Gasteiger partial charge in [0.15, 0.2) is 5.82 Å². The van der Waals surface area contributed by atoms with Crippen LogP contribution in [0.25, 0.3) is 5.69 Å². The number of ether oxygens (including phenoxy) is 1. The average Bonchev–Trinajstić information content (AvgIpc) is 3.22. The molecule has 1 aromatic heterocycles. The fraction of sp³-hybridized carbons (Fsp3) is 0.174. The van der Waals surface area contributed by atoms with E-state index in [2.05, 4.69) is 59.0 Å². The third kappa shape index (κ3) is 3.69. The molecule has 3 aromatic carbocycles. The molecule has 6 heteroatoms. The normalized spacial score (nSPS) is 11.8. The summed E-state index contributed by atoms with van der Waals surface area (Å²) in [5.74, 6) is 1.47. The summed E-state index contributed by atoms with van der Waals surface area (Å²) in [5, 5.41) is 16.3. The number of aromatic nitrogens is 4. The van der Waals surface area contributed by atoms with Crippen molar-refractivity contribution in [1.29, 1.82) is 0 Å². The number of aryl methyl sites for hydroxylation is 2. The number of methoxy groups -OCH3 is 1. The molecule has 1 atom stereocenters. The molecule has 1 heterocycles. The molecule has 1 N–H and O–H groups in total. The minimum Gasteiger partial charge on any atom is -0.495 e. The molecule has 4 aromatic rings. The van der Waals surface area contributed by atoms with Crippen molar-refractivity contribution in [2.75, 3.05) is 12.4 Å². The monoisotopic (exact) mass is 385 g/mol. The van der Waals surface area contributed by atoms with Gasteiger partial charge >= 0.3 is 0 Å². The van der Waals surface area contributed by atoms with Crippen LogP contribution in [0.5, 0.6) is 5.75 Å². The van der Waals surface area contributed by atoms with E-state index >= 15 is 0 Å². The molecule has 0 fully saturated rings. The third-order valence-corrected chi connectivity index (χ3v) is 4.94. The molecule has 0 bridgehead atoms. The van der Waals surface area contributed by atoms with Crippen molar-refractivity contribution < 1.29 is 4.74 Å². The van der Waals surface area contributed by atoms with Crippen LogP contribution in [0.3, 0.4) is 0 Å². The molecular weight excluding hydrogens is 362 g/mol. The summed E-state index contributed by atoms with van der Waals surface area (Å²) in [6, 6.07) is 23.9. The van der Waals surface area contributed by atoms with Gasteiger partial charge in [0.1, 0.15) is 11.8 Å². The lowest BCUT2D eigenvalue weighted by Gasteiger charge is -2.22. The van der Waals surface area contributed by atoms with Gasteiger partial charge in [0.05, 0.1) is 18.5 Å². The first-order valence-electron chi connectivity index (χ1n) is 9.48. The highest BCUT2D eigenvalue weighted by Gasteiger charge is 2.24. The number of tetrazole rings is 1. The van der Waals surface area contributed by atoms with Gasteiger partial charge in [-0.05, 0) is 53.1 Å². The zero-order chi connectivity index (χ0) is 20.2. The second-order valence-corrected chi connectivity index (χ2v) is 6.88. The summed E-state index contributed by atoms with van der Waals surface area (Å²) in [4.78, 5) is 0. The molecule has 4 rings (SSSR count). The van der Waals surface area contributed by atoms with E-state index in [1.807, 2.05) is 53.2 Å². The number of nitrogens with zero attached hydrogens (tertiary/aromatic N) is 4. The van der Waals surface area contributed by atoms with Crippen LogP contribution in [-0.4, -0.2) is 27.3 Å². The largest absolute Gasteiger partial charge is 0.495 e. The Kier molecular flexibility index (Phi) is 5.24. The van der Waals surface area contributed by atoms with Crippen LogP contribution in [0.2, 0.25) is 0 Å². The molecule has 29 heavy (non-hydrogen) atoms. The predicted molar refractivity (Wildman–Crippen MR) is 114 cm³/mol. The minimum atomic E-state index is -0.262. The first-order chi connectivity index (χ1) is 14.2. The molecule has 0 radical (unpaired) electrons. The quantitative estimate of drug-likeness (QED) is 0.530. The SMILES string of the molecule is COc1ccccc1N[C@@H](c1ccccc1)c1nnnn1-c1c(C)cccc1C. The lowest BCUT2D eigenvalue weighted by atomic mass is 10.0. The number of hydrogen-bond donors (Lipinski definition) is 1. The standard InChI is InChI=1S/C23H23N5O/c1-16-10-9-11-17(2)22(16)28-23(25-26-27-28)21(18-12-5-4-6-13-18)24-19-14-7-8-15-20(19)29-3/h4-15,21,24H,1-3H3/t21-/m0/s1. The number of benzene rings is 3. The van der Waals surface area contributed by atoms with Gasteiger partial charge in [0, 0.05) is 0 Å². The summed E-state index contributed by atoms with van der Waals surface area (Å²) in [6.45, 7) is 4.14. The van der Waals surface area contributed by atoms with Crippen LogP contribution < -0.4 is 10.1 Å². The summed E-state index contributed by atoms with van der Waals surface area (Å²) in [5.41, 5.74) is 5.15. The maximum absolute atomic E-state index is 5.53. The van der Waals surface area contributed by atoms with Crippen molar-refractivity contribution >= 4 is 5.69 Å². The first kappa shape index (κ1) is 18.7. The first-order valence-corrected chi connectivity index (χ1v) is 9.48. The van der Waals surface area contributed by atoms with E-state index in [0.717, 1.165) is 33.8 Å². The van der Waals surface area contributed by atoms with Crippen LogP contribution >= 0.6 is 0 Å². The highest BCUT2D eigenvalue weighted by atomic mass is 16.5. The molecule has 0 aliphatic rings. The Balaban J connectivity index is 1.85. The van der Waals surface area contributed by atoms with Gasteiger partial charge in [-0.25, -0.2) is 0 Å². The number of nitrogens with one attached hydrogen (secondary N) is 1. The second kappa shape index (κ2) is 8.14. The Morgan fingerprint density at radius 1 is 0.862 bits per heavy atom. The van der Waals surface area contributed by atoms with E-state index in [9.17, 15) is 0 Å². The van der Waals surface area contributed by atoms with E-state index in [1.165, 1.54) is 0 Å². The summed E-state index contributed by atoms with van der Waals surface area (Å²) in [7, 11) is 1.67. The smallest absolute Gasteiger partial charge is 0.183 e. The van der Waals surface area contributed by atoms with Gasteiger partial charge in [0.2, 0.25) is 0 Å². The average molecular weight is 385 g/mol. The fourth-order valence-electron chi connectivity index (χ4n) is 3.53. The van der Waals surface area contributed by atoms with E-state index in [4.69, 9.17) is 4.74 Å². The van der Waals surface area contributed by atoms with Gasteiger partial charge in [-0.2, -0.15) is 4.68 Å². The van der Waals surface area contributed by atoms with Crippen molar-refractivity contribution in [3.63, 3.8) is 0 Å². The molecule has 0 saturated carbocycles. The fourth-order valence-corrected chi connectivity index (χ4v) is 3.53. The Labute approximate surface area is 170 Å². The molecule has 6 nitrogen and oxygen atoms in total. The molecule has 0 amide bonds. The van der Waals surface area contributed by atoms with Gasteiger partial charge in [-0.15, -0.1) is 5.10 Å². The number of rotatable bonds is 6. The Hall–Kier alpha value is -3.67. The Bertz CT molecular complexity index is 1090. The van der Waals surface area contributed by atoms with Gasteiger partial charge in [-0.1, -0.05) is 60.7 Å². The van der Waals surface area contributed by atoms with Gasteiger partial charge < -0.3 is 10.1 Å². The van der Waals surface area contributed by atoms with Gasteiger partial charge in [-0.3, -0.25) is 0 Å². The molecule has 0 saturated heterocycles. The Morgan fingerprint density at radius 2 is 1.55 bits per heavy atom. The second-order valence-electron chi connectivity index (χ2n) is 6.88. The van der Waals surface area contributed by atoms with Crippen LogP contribution in [0.15, 0.2) is 72.8 Å². The van der Waals surface area contributed by atoms with Crippen LogP contribution in [0, 0.1) is 13.8 Å². The van der Waals surface area contributed by atoms with E-state index in [1.54, 1.807) is 7.11 Å². The van der Waals surface area contributed by atoms with Crippen LogP contribution in [-0.2, 0) is 0 Å². The number of anilines is 1. The van der Waals surface area contributed by atoms with E-state index < -0.39 is 0 Å². The topological polar surface area (TPSA) is 64.9 Å². The minimum absolute atomic E-state index is 0.262. The summed E-state index contributed by atoms with van der Waals surface area (Å²) >= 11 is 0. The third-order valence-electron chi connectivity index (χ3n) is 4.94. The number of para-hydroxylation sites is 3. The molecule has 0 aliphatic carbocycles. The highest BCUT2D eigenvalue weighted by molar-refractivity contribution is 5.58. The highest BCUT2D eigenvalue weighted by Crippen LogP contribution is 2.32. The van der Waals surface area contributed by atoms with Crippen LogP contribution in [0.1, 0.15) is 28.6 Å². The molecule has 0 spiro atoms. The van der Waals surface area contributed by atoms with Crippen molar-refractivity contribution in [2.24, 2.45) is 0 Å². The molecule has 146 valence electrons. The van der Waals surface area contributed by atoms with Crippen molar-refractivity contribution in [3.8, 4) is 11.4 Å². The van der Waals surface area contributed by atoms with Crippen molar-refractivity contribution in [1.82, 2.24) is 20.2 Å².